The first kappa shape index (κ1) is 19.0. The summed E-state index contributed by atoms with van der Waals surface area (Å²) in [5, 5.41) is 15.5. The molecule has 0 spiro atoms. The zero-order valence-electron chi connectivity index (χ0n) is 15.6. The Morgan fingerprint density at radius 1 is 1.04 bits per heavy atom. The molecule has 2 aromatic rings. The molecule has 3 rings (SSSR count). The lowest BCUT2D eigenvalue weighted by Gasteiger charge is -2.26. The van der Waals surface area contributed by atoms with Gasteiger partial charge in [-0.3, -0.25) is 9.59 Å². The number of anilines is 1. The monoisotopic (exact) mass is 366 g/mol. The summed E-state index contributed by atoms with van der Waals surface area (Å²) in [7, 11) is 0. The topological polar surface area (TPSA) is 78.4 Å². The number of aryl methyl sites for hydroxylation is 1. The number of carbonyl (C=O) groups is 2. The van der Waals surface area contributed by atoms with E-state index in [2.05, 4.69) is 41.8 Å². The molecule has 0 saturated heterocycles. The minimum Gasteiger partial charge on any atom is -0.481 e. The Kier molecular flexibility index (Phi) is 6.12. The number of rotatable bonds is 6. The van der Waals surface area contributed by atoms with Crippen LogP contribution in [0.25, 0.3) is 0 Å². The minimum absolute atomic E-state index is 0.0530. The zero-order chi connectivity index (χ0) is 19.2. The predicted molar refractivity (Wildman–Crippen MR) is 106 cm³/mol. The molecule has 0 aliphatic heterocycles. The van der Waals surface area contributed by atoms with E-state index < -0.39 is 5.97 Å². The van der Waals surface area contributed by atoms with E-state index in [1.54, 1.807) is 6.07 Å². The summed E-state index contributed by atoms with van der Waals surface area (Å²) in [6.45, 7) is 2.76. The Bertz CT molecular complexity index is 793. The molecule has 2 aromatic carbocycles. The lowest BCUT2D eigenvalue weighted by Crippen LogP contribution is -2.38. The number of carboxylic acids is 1. The molecule has 0 unspecified atom stereocenters. The lowest BCUT2D eigenvalue weighted by atomic mass is 9.86. The fourth-order valence-electron chi connectivity index (χ4n) is 3.43. The van der Waals surface area contributed by atoms with Gasteiger partial charge in [0, 0.05) is 23.8 Å². The van der Waals surface area contributed by atoms with Crippen LogP contribution in [0.5, 0.6) is 0 Å². The van der Waals surface area contributed by atoms with Gasteiger partial charge in [-0.2, -0.15) is 0 Å². The highest BCUT2D eigenvalue weighted by Crippen LogP contribution is 2.24. The van der Waals surface area contributed by atoms with Crippen molar-refractivity contribution < 1.29 is 14.7 Å². The highest BCUT2D eigenvalue weighted by atomic mass is 16.4. The van der Waals surface area contributed by atoms with Gasteiger partial charge >= 0.3 is 5.97 Å². The molecule has 3 N–H and O–H groups in total. The molecule has 1 aliphatic carbocycles. The van der Waals surface area contributed by atoms with E-state index in [0.717, 1.165) is 5.69 Å². The van der Waals surface area contributed by atoms with Crippen molar-refractivity contribution in [1.82, 2.24) is 5.32 Å². The number of carbonyl (C=O) groups excluding carboxylic acids is 1. The van der Waals surface area contributed by atoms with Crippen molar-refractivity contribution in [3.05, 3.63) is 65.2 Å². The summed E-state index contributed by atoms with van der Waals surface area (Å²) in [4.78, 5) is 23.6. The molecule has 1 aliphatic rings. The van der Waals surface area contributed by atoms with Gasteiger partial charge in [0.25, 0.3) is 5.91 Å². The SMILES string of the molecule is Cc1ccc(CNc2cccc(C(=O)NC3CCC(C(=O)O)CC3)c2)cc1. The third kappa shape index (κ3) is 5.33. The Morgan fingerprint density at radius 3 is 2.41 bits per heavy atom. The summed E-state index contributed by atoms with van der Waals surface area (Å²) in [6.07, 6.45) is 2.68. The van der Waals surface area contributed by atoms with Crippen LogP contribution in [0.2, 0.25) is 0 Å². The molecule has 142 valence electrons. The van der Waals surface area contributed by atoms with Gasteiger partial charge in [-0.1, -0.05) is 35.9 Å². The Morgan fingerprint density at radius 2 is 1.74 bits per heavy atom. The van der Waals surface area contributed by atoms with Crippen molar-refractivity contribution in [2.75, 3.05) is 5.32 Å². The molecule has 0 aromatic heterocycles. The van der Waals surface area contributed by atoms with Gasteiger partial charge in [0.1, 0.15) is 0 Å². The maximum absolute atomic E-state index is 12.5. The summed E-state index contributed by atoms with van der Waals surface area (Å²) < 4.78 is 0. The third-order valence-corrected chi connectivity index (χ3v) is 5.15. The standard InChI is InChI=1S/C22H26N2O3/c1-15-5-7-16(8-6-15)14-23-20-4-2-3-18(13-20)21(25)24-19-11-9-17(10-12-19)22(26)27/h2-8,13,17,19,23H,9-12,14H2,1H3,(H,24,25)(H,26,27). The molecule has 5 nitrogen and oxygen atoms in total. The molecule has 0 bridgehead atoms. The van der Waals surface area contributed by atoms with Crippen LogP contribution in [-0.2, 0) is 11.3 Å². The molecule has 0 radical (unpaired) electrons. The van der Waals surface area contributed by atoms with E-state index in [0.29, 0.717) is 37.8 Å². The second-order valence-corrected chi connectivity index (χ2v) is 7.28. The number of carboxylic acid groups (broad SMARTS) is 1. The first-order valence-corrected chi connectivity index (χ1v) is 9.44. The van der Waals surface area contributed by atoms with E-state index in [1.165, 1.54) is 11.1 Å². The van der Waals surface area contributed by atoms with Gasteiger partial charge in [0.15, 0.2) is 0 Å². The van der Waals surface area contributed by atoms with Crippen LogP contribution in [0, 0.1) is 12.8 Å². The fourth-order valence-corrected chi connectivity index (χ4v) is 3.43. The Balaban J connectivity index is 1.54. The molecule has 5 heteroatoms. The molecule has 1 amide bonds. The first-order valence-electron chi connectivity index (χ1n) is 9.44. The Labute approximate surface area is 159 Å². The maximum Gasteiger partial charge on any atom is 0.306 e. The number of amides is 1. The normalized spacial score (nSPS) is 19.3. The van der Waals surface area contributed by atoms with Crippen LogP contribution in [0.3, 0.4) is 0 Å². The van der Waals surface area contributed by atoms with Crippen LogP contribution in [0.1, 0.15) is 47.2 Å². The summed E-state index contributed by atoms with van der Waals surface area (Å²) in [5.41, 5.74) is 3.93. The van der Waals surface area contributed by atoms with Crippen LogP contribution < -0.4 is 10.6 Å². The highest BCUT2D eigenvalue weighted by molar-refractivity contribution is 5.95. The number of aliphatic carboxylic acids is 1. The van der Waals surface area contributed by atoms with Crippen LogP contribution in [0.15, 0.2) is 48.5 Å². The molecular formula is C22H26N2O3. The largest absolute Gasteiger partial charge is 0.481 e. The lowest BCUT2D eigenvalue weighted by molar-refractivity contribution is -0.142. The molecule has 0 atom stereocenters. The van der Waals surface area contributed by atoms with E-state index in [-0.39, 0.29) is 17.9 Å². The van der Waals surface area contributed by atoms with E-state index in [9.17, 15) is 9.59 Å². The van der Waals surface area contributed by atoms with Crippen molar-refractivity contribution in [2.24, 2.45) is 5.92 Å². The van der Waals surface area contributed by atoms with Crippen molar-refractivity contribution in [2.45, 2.75) is 45.2 Å². The van der Waals surface area contributed by atoms with E-state index >= 15 is 0 Å². The van der Waals surface area contributed by atoms with Gasteiger partial charge in [-0.05, 0) is 56.4 Å². The molecule has 27 heavy (non-hydrogen) atoms. The van der Waals surface area contributed by atoms with Gasteiger partial charge in [-0.15, -0.1) is 0 Å². The first-order chi connectivity index (χ1) is 13.0. The number of hydrogen-bond donors (Lipinski definition) is 3. The van der Waals surface area contributed by atoms with Crippen molar-refractivity contribution in [1.29, 1.82) is 0 Å². The van der Waals surface area contributed by atoms with Crippen LogP contribution in [-0.4, -0.2) is 23.0 Å². The summed E-state index contributed by atoms with van der Waals surface area (Å²) >= 11 is 0. The second kappa shape index (κ2) is 8.71. The molecule has 1 saturated carbocycles. The zero-order valence-corrected chi connectivity index (χ0v) is 15.6. The van der Waals surface area contributed by atoms with Gasteiger partial charge in [0.05, 0.1) is 5.92 Å². The predicted octanol–water partition coefficient (Wildman–Crippen LogP) is 3.98. The summed E-state index contributed by atoms with van der Waals surface area (Å²) in [6, 6.07) is 15.9. The Hall–Kier alpha value is -2.82. The molecule has 1 fully saturated rings. The van der Waals surface area contributed by atoms with Crippen molar-refractivity contribution in [3.8, 4) is 0 Å². The van der Waals surface area contributed by atoms with Gasteiger partial charge in [-0.25, -0.2) is 0 Å². The van der Waals surface area contributed by atoms with Crippen molar-refractivity contribution >= 4 is 17.6 Å². The molecule has 0 heterocycles. The van der Waals surface area contributed by atoms with Crippen molar-refractivity contribution in [3.63, 3.8) is 0 Å². The van der Waals surface area contributed by atoms with Gasteiger partial charge in [0.2, 0.25) is 0 Å². The number of hydrogen-bond acceptors (Lipinski definition) is 3. The van der Waals surface area contributed by atoms with Gasteiger partial charge < -0.3 is 15.7 Å². The average molecular weight is 366 g/mol. The van der Waals surface area contributed by atoms with E-state index in [4.69, 9.17) is 5.11 Å². The molecular weight excluding hydrogens is 340 g/mol. The number of nitrogens with one attached hydrogen (secondary N) is 2. The maximum atomic E-state index is 12.5. The van der Waals surface area contributed by atoms with E-state index in [1.807, 2.05) is 18.2 Å². The fraction of sp³-hybridized carbons (Fsp3) is 0.364. The highest BCUT2D eigenvalue weighted by Gasteiger charge is 2.26. The second-order valence-electron chi connectivity index (χ2n) is 7.28. The summed E-state index contributed by atoms with van der Waals surface area (Å²) in [5.74, 6) is -1.10. The minimum atomic E-state index is -0.730. The quantitative estimate of drug-likeness (QED) is 0.722. The number of benzene rings is 2. The average Bonchev–Trinajstić information content (AvgIpc) is 2.68. The van der Waals surface area contributed by atoms with Crippen LogP contribution >= 0.6 is 0 Å². The third-order valence-electron chi connectivity index (χ3n) is 5.15. The smallest absolute Gasteiger partial charge is 0.306 e. The van der Waals surface area contributed by atoms with Crippen LogP contribution in [0.4, 0.5) is 5.69 Å².